The first-order valence-corrected chi connectivity index (χ1v) is 6.11. The molecule has 0 spiro atoms. The van der Waals surface area contributed by atoms with Crippen molar-refractivity contribution in [2.24, 2.45) is 13.0 Å². The fourth-order valence-corrected chi connectivity index (χ4v) is 2.27. The van der Waals surface area contributed by atoms with Gasteiger partial charge in [0, 0.05) is 26.8 Å². The molecule has 1 saturated heterocycles. The Morgan fingerprint density at radius 1 is 1.71 bits per heavy atom. The van der Waals surface area contributed by atoms with Gasteiger partial charge >= 0.3 is 0 Å². The number of nitrogens with one attached hydrogen (secondary N) is 1. The lowest BCUT2D eigenvalue weighted by molar-refractivity contribution is 0.0759. The van der Waals surface area contributed by atoms with E-state index in [0.717, 1.165) is 19.6 Å². The summed E-state index contributed by atoms with van der Waals surface area (Å²) in [5.41, 5.74) is 0.527. The van der Waals surface area contributed by atoms with Crippen molar-refractivity contribution in [2.45, 2.75) is 12.8 Å². The number of aryl methyl sites for hydroxylation is 1. The minimum Gasteiger partial charge on any atom is -0.340 e. The molecule has 0 aromatic carbocycles. The molecule has 1 fully saturated rings. The van der Waals surface area contributed by atoms with Gasteiger partial charge in [0.15, 0.2) is 0 Å². The SMILES string of the molecule is CN(CC1CCCNC1)C(=O)c1cn(C)cn1. The van der Waals surface area contributed by atoms with Gasteiger partial charge in [-0.3, -0.25) is 4.79 Å². The molecule has 17 heavy (non-hydrogen) atoms. The van der Waals surface area contributed by atoms with Gasteiger partial charge in [0.05, 0.1) is 6.33 Å². The molecule has 5 nitrogen and oxygen atoms in total. The molecule has 0 aliphatic carbocycles. The number of hydrogen-bond acceptors (Lipinski definition) is 3. The zero-order valence-corrected chi connectivity index (χ0v) is 10.5. The standard InChI is InChI=1S/C12H20N4O/c1-15-8-11(14-9-15)12(17)16(2)7-10-4-3-5-13-6-10/h8-10,13H,3-7H2,1-2H3. The second-order valence-corrected chi connectivity index (χ2v) is 4.82. The molecular formula is C12H20N4O. The molecule has 1 amide bonds. The summed E-state index contributed by atoms with van der Waals surface area (Å²) in [6.07, 6.45) is 5.82. The lowest BCUT2D eigenvalue weighted by atomic mass is 9.99. The molecular weight excluding hydrogens is 216 g/mol. The largest absolute Gasteiger partial charge is 0.340 e. The van der Waals surface area contributed by atoms with E-state index in [1.807, 2.05) is 14.1 Å². The van der Waals surface area contributed by atoms with Gasteiger partial charge in [-0.15, -0.1) is 0 Å². The Labute approximate surface area is 102 Å². The predicted octanol–water partition coefficient (Wildman–Crippen LogP) is 0.492. The molecule has 2 rings (SSSR count). The maximum absolute atomic E-state index is 12.1. The van der Waals surface area contributed by atoms with Gasteiger partial charge in [0.2, 0.25) is 0 Å². The van der Waals surface area contributed by atoms with E-state index in [9.17, 15) is 4.79 Å². The number of amides is 1. The van der Waals surface area contributed by atoms with E-state index in [2.05, 4.69) is 10.3 Å². The van der Waals surface area contributed by atoms with Crippen molar-refractivity contribution in [3.63, 3.8) is 0 Å². The van der Waals surface area contributed by atoms with Crippen LogP contribution in [0.4, 0.5) is 0 Å². The Kier molecular flexibility index (Phi) is 3.78. The molecule has 1 aromatic heterocycles. The van der Waals surface area contributed by atoms with Crippen LogP contribution in [0, 0.1) is 5.92 Å². The lowest BCUT2D eigenvalue weighted by Gasteiger charge is -2.27. The van der Waals surface area contributed by atoms with Crippen LogP contribution >= 0.6 is 0 Å². The van der Waals surface area contributed by atoms with Crippen LogP contribution in [0.5, 0.6) is 0 Å². The van der Waals surface area contributed by atoms with Gasteiger partial charge in [0.25, 0.3) is 5.91 Å². The molecule has 0 bridgehead atoms. The highest BCUT2D eigenvalue weighted by molar-refractivity contribution is 5.91. The average Bonchev–Trinajstić information content (AvgIpc) is 2.76. The van der Waals surface area contributed by atoms with Crippen LogP contribution in [0.3, 0.4) is 0 Å². The summed E-state index contributed by atoms with van der Waals surface area (Å²) in [4.78, 5) is 17.9. The zero-order valence-electron chi connectivity index (χ0n) is 10.5. The number of imidazole rings is 1. The maximum atomic E-state index is 12.1. The second kappa shape index (κ2) is 5.31. The topological polar surface area (TPSA) is 50.2 Å². The van der Waals surface area contributed by atoms with E-state index in [4.69, 9.17) is 0 Å². The summed E-state index contributed by atoms with van der Waals surface area (Å²) in [5, 5.41) is 3.37. The first kappa shape index (κ1) is 12.1. The monoisotopic (exact) mass is 236 g/mol. The maximum Gasteiger partial charge on any atom is 0.273 e. The highest BCUT2D eigenvalue weighted by atomic mass is 16.2. The molecule has 0 saturated carbocycles. The summed E-state index contributed by atoms with van der Waals surface area (Å²) in [7, 11) is 3.72. The van der Waals surface area contributed by atoms with Gasteiger partial charge in [-0.1, -0.05) is 0 Å². The van der Waals surface area contributed by atoms with Crippen molar-refractivity contribution >= 4 is 5.91 Å². The molecule has 1 atom stereocenters. The predicted molar refractivity (Wildman–Crippen MR) is 65.8 cm³/mol. The number of nitrogens with zero attached hydrogens (tertiary/aromatic N) is 3. The lowest BCUT2D eigenvalue weighted by Crippen LogP contribution is -2.39. The van der Waals surface area contributed by atoms with Crippen molar-refractivity contribution < 1.29 is 4.79 Å². The summed E-state index contributed by atoms with van der Waals surface area (Å²) in [6, 6.07) is 0. The number of hydrogen-bond donors (Lipinski definition) is 1. The number of piperidine rings is 1. The van der Waals surface area contributed by atoms with Crippen molar-refractivity contribution in [3.8, 4) is 0 Å². The Balaban J connectivity index is 1.90. The van der Waals surface area contributed by atoms with E-state index < -0.39 is 0 Å². The highest BCUT2D eigenvalue weighted by Crippen LogP contribution is 2.12. The third-order valence-electron chi connectivity index (χ3n) is 3.20. The molecule has 1 aliphatic heterocycles. The Morgan fingerprint density at radius 3 is 3.12 bits per heavy atom. The zero-order chi connectivity index (χ0) is 12.3. The molecule has 0 radical (unpaired) electrons. The van der Waals surface area contributed by atoms with Gasteiger partial charge in [-0.05, 0) is 31.8 Å². The Bertz CT molecular complexity index is 382. The van der Waals surface area contributed by atoms with Crippen molar-refractivity contribution in [3.05, 3.63) is 18.2 Å². The minimum absolute atomic E-state index is 0.0103. The van der Waals surface area contributed by atoms with Crippen LogP contribution in [0.1, 0.15) is 23.3 Å². The first-order valence-electron chi connectivity index (χ1n) is 6.11. The third-order valence-corrected chi connectivity index (χ3v) is 3.20. The number of carbonyl (C=O) groups excluding carboxylic acids is 1. The number of aromatic nitrogens is 2. The van der Waals surface area contributed by atoms with Gasteiger partial charge < -0.3 is 14.8 Å². The van der Waals surface area contributed by atoms with Gasteiger partial charge in [-0.25, -0.2) is 4.98 Å². The van der Waals surface area contributed by atoms with Crippen LogP contribution < -0.4 is 5.32 Å². The van der Waals surface area contributed by atoms with E-state index in [-0.39, 0.29) is 5.91 Å². The Hall–Kier alpha value is -1.36. The van der Waals surface area contributed by atoms with Crippen molar-refractivity contribution in [1.82, 2.24) is 19.8 Å². The summed E-state index contributed by atoms with van der Waals surface area (Å²) < 4.78 is 1.79. The average molecular weight is 236 g/mol. The van der Waals surface area contributed by atoms with Crippen LogP contribution in [0.15, 0.2) is 12.5 Å². The van der Waals surface area contributed by atoms with Crippen LogP contribution in [0.2, 0.25) is 0 Å². The fraction of sp³-hybridized carbons (Fsp3) is 0.667. The quantitative estimate of drug-likeness (QED) is 0.831. The van der Waals surface area contributed by atoms with Gasteiger partial charge in [0.1, 0.15) is 5.69 Å². The summed E-state index contributed by atoms with van der Waals surface area (Å²) >= 11 is 0. The smallest absolute Gasteiger partial charge is 0.273 e. The normalized spacial score (nSPS) is 20.2. The third kappa shape index (κ3) is 3.06. The van der Waals surface area contributed by atoms with Crippen LogP contribution in [-0.4, -0.2) is 47.0 Å². The molecule has 1 aromatic rings. The van der Waals surface area contributed by atoms with E-state index >= 15 is 0 Å². The van der Waals surface area contributed by atoms with Crippen molar-refractivity contribution in [1.29, 1.82) is 0 Å². The minimum atomic E-state index is 0.0103. The van der Waals surface area contributed by atoms with Crippen LogP contribution in [-0.2, 0) is 7.05 Å². The number of rotatable bonds is 3. The summed E-state index contributed by atoms with van der Waals surface area (Å²) in [6.45, 7) is 2.93. The molecule has 5 heteroatoms. The molecule has 1 aliphatic rings. The van der Waals surface area contributed by atoms with Crippen LogP contribution in [0.25, 0.3) is 0 Å². The molecule has 1 unspecified atom stereocenters. The first-order chi connectivity index (χ1) is 8.16. The van der Waals surface area contributed by atoms with E-state index in [1.165, 1.54) is 12.8 Å². The summed E-state index contributed by atoms with van der Waals surface area (Å²) in [5.74, 6) is 0.581. The Morgan fingerprint density at radius 2 is 2.53 bits per heavy atom. The van der Waals surface area contributed by atoms with Gasteiger partial charge in [-0.2, -0.15) is 0 Å². The van der Waals surface area contributed by atoms with E-state index in [0.29, 0.717) is 11.6 Å². The van der Waals surface area contributed by atoms with E-state index in [1.54, 1.807) is 22.0 Å². The molecule has 2 heterocycles. The highest BCUT2D eigenvalue weighted by Gasteiger charge is 2.20. The number of carbonyl (C=O) groups is 1. The molecule has 94 valence electrons. The fourth-order valence-electron chi connectivity index (χ4n) is 2.27. The second-order valence-electron chi connectivity index (χ2n) is 4.82. The molecule has 1 N–H and O–H groups in total. The van der Waals surface area contributed by atoms with Crippen molar-refractivity contribution in [2.75, 3.05) is 26.7 Å².